The molecule has 0 aromatic heterocycles. The van der Waals surface area contributed by atoms with Crippen LogP contribution in [0.4, 0.5) is 0 Å². The summed E-state index contributed by atoms with van der Waals surface area (Å²) in [6, 6.07) is 5.74. The van der Waals surface area contributed by atoms with Gasteiger partial charge < -0.3 is 9.29 Å². The zero-order valence-corrected chi connectivity index (χ0v) is 14.5. The average molecular weight is 332 g/mol. The lowest BCUT2D eigenvalue weighted by atomic mass is 9.84. The zero-order chi connectivity index (χ0) is 15.8. The minimum Gasteiger partial charge on any atom is -0.772 e. The van der Waals surface area contributed by atoms with Crippen molar-refractivity contribution in [2.24, 2.45) is 11.8 Å². The van der Waals surface area contributed by atoms with Crippen molar-refractivity contribution in [3.05, 3.63) is 28.8 Å². The molecule has 3 nitrogen and oxygen atoms in total. The average Bonchev–Trinajstić information content (AvgIpc) is 2.44. The molecular formula is C16H24ClO3S-. The van der Waals surface area contributed by atoms with Crippen LogP contribution in [0, 0.1) is 11.8 Å². The topological polar surface area (TPSA) is 49.4 Å². The summed E-state index contributed by atoms with van der Waals surface area (Å²) in [6.45, 7) is 6.84. The molecule has 0 fully saturated rings. The van der Waals surface area contributed by atoms with E-state index in [4.69, 9.17) is 16.3 Å². The lowest BCUT2D eigenvalue weighted by Crippen LogP contribution is -2.17. The van der Waals surface area contributed by atoms with E-state index in [0.717, 1.165) is 24.2 Å². The fourth-order valence-electron chi connectivity index (χ4n) is 2.40. The molecule has 120 valence electrons. The summed E-state index contributed by atoms with van der Waals surface area (Å²) in [6.07, 6.45) is 2.51. The second kappa shape index (κ2) is 9.44. The first-order valence-electron chi connectivity index (χ1n) is 7.45. The van der Waals surface area contributed by atoms with Gasteiger partial charge in [-0.15, -0.1) is 0 Å². The van der Waals surface area contributed by atoms with Gasteiger partial charge in [-0.05, 0) is 49.3 Å². The lowest BCUT2D eigenvalue weighted by molar-refractivity contribution is 0.333. The Morgan fingerprint density at radius 3 is 2.62 bits per heavy atom. The van der Waals surface area contributed by atoms with Crippen LogP contribution in [0.2, 0.25) is 5.02 Å². The molecule has 3 unspecified atom stereocenters. The molecule has 0 aliphatic rings. The zero-order valence-electron chi connectivity index (χ0n) is 12.9. The van der Waals surface area contributed by atoms with Crippen LogP contribution in [-0.4, -0.2) is 21.1 Å². The molecule has 0 radical (unpaired) electrons. The Balaban J connectivity index is 2.79. The van der Waals surface area contributed by atoms with Gasteiger partial charge >= 0.3 is 0 Å². The van der Waals surface area contributed by atoms with E-state index in [2.05, 4.69) is 13.8 Å². The van der Waals surface area contributed by atoms with Crippen LogP contribution < -0.4 is 4.74 Å². The molecule has 1 rings (SSSR count). The minimum absolute atomic E-state index is 0.212. The quantitative estimate of drug-likeness (QED) is 0.637. The molecule has 0 aliphatic heterocycles. The van der Waals surface area contributed by atoms with Crippen LogP contribution in [0.25, 0.3) is 0 Å². The van der Waals surface area contributed by atoms with Crippen molar-refractivity contribution in [1.29, 1.82) is 0 Å². The summed E-state index contributed by atoms with van der Waals surface area (Å²) < 4.78 is 27.0. The van der Waals surface area contributed by atoms with Gasteiger partial charge in [0.05, 0.1) is 6.61 Å². The highest BCUT2D eigenvalue weighted by atomic mass is 35.5. The maximum atomic E-state index is 10.8. The van der Waals surface area contributed by atoms with E-state index in [1.54, 1.807) is 0 Å². The molecule has 3 atom stereocenters. The van der Waals surface area contributed by atoms with Gasteiger partial charge in [-0.2, -0.15) is 0 Å². The normalized spacial score (nSPS) is 15.5. The standard InChI is InChI=1S/C16H25ClO3S/c1-4-12(3)13(8-9-21(18)19)10-14-6-7-15(20-5-2)11-16(14)17/h6-7,11-13H,4-5,8-10H2,1-3H3,(H,18,19)/p-1. The molecule has 0 amide bonds. The van der Waals surface area contributed by atoms with Crippen LogP contribution in [0.15, 0.2) is 18.2 Å². The molecule has 0 bridgehead atoms. The summed E-state index contributed by atoms with van der Waals surface area (Å²) in [5.74, 6) is 1.77. The van der Waals surface area contributed by atoms with E-state index < -0.39 is 11.1 Å². The van der Waals surface area contributed by atoms with E-state index in [1.807, 2.05) is 25.1 Å². The highest BCUT2D eigenvalue weighted by molar-refractivity contribution is 7.79. The third-order valence-corrected chi connectivity index (χ3v) is 4.84. The van der Waals surface area contributed by atoms with E-state index >= 15 is 0 Å². The molecule has 5 heteroatoms. The third-order valence-electron chi connectivity index (χ3n) is 3.92. The fraction of sp³-hybridized carbons (Fsp3) is 0.625. The van der Waals surface area contributed by atoms with Gasteiger partial charge in [0.2, 0.25) is 0 Å². The molecule has 0 N–H and O–H groups in total. The maximum Gasteiger partial charge on any atom is 0.120 e. The van der Waals surface area contributed by atoms with Crippen molar-refractivity contribution in [1.82, 2.24) is 0 Å². The van der Waals surface area contributed by atoms with Crippen molar-refractivity contribution >= 4 is 22.7 Å². The number of rotatable bonds is 9. The second-order valence-electron chi connectivity index (χ2n) is 5.33. The third kappa shape index (κ3) is 6.37. The van der Waals surface area contributed by atoms with Crippen LogP contribution in [0.5, 0.6) is 5.75 Å². The molecule has 0 saturated heterocycles. The molecule has 21 heavy (non-hydrogen) atoms. The number of benzene rings is 1. The highest BCUT2D eigenvalue weighted by Gasteiger charge is 2.18. The number of ether oxygens (including phenoxy) is 1. The van der Waals surface area contributed by atoms with Crippen LogP contribution in [0.1, 0.15) is 39.2 Å². The van der Waals surface area contributed by atoms with E-state index in [9.17, 15) is 8.76 Å². The van der Waals surface area contributed by atoms with Gasteiger partial charge in [0.1, 0.15) is 5.75 Å². The minimum atomic E-state index is -1.98. The molecule has 0 heterocycles. The van der Waals surface area contributed by atoms with Crippen molar-refractivity contribution in [2.45, 2.75) is 40.0 Å². The fourth-order valence-corrected chi connectivity index (χ4v) is 3.14. The van der Waals surface area contributed by atoms with E-state index in [-0.39, 0.29) is 5.75 Å². The Morgan fingerprint density at radius 2 is 2.10 bits per heavy atom. The molecule has 1 aromatic rings. The predicted octanol–water partition coefficient (Wildman–Crippen LogP) is 4.21. The monoisotopic (exact) mass is 331 g/mol. The van der Waals surface area contributed by atoms with Gasteiger partial charge in [0.25, 0.3) is 0 Å². The molecule has 1 aromatic carbocycles. The number of halogens is 1. The van der Waals surface area contributed by atoms with Crippen LogP contribution in [-0.2, 0) is 17.5 Å². The van der Waals surface area contributed by atoms with Crippen molar-refractivity contribution in [2.75, 3.05) is 12.4 Å². The number of hydrogen-bond donors (Lipinski definition) is 0. The van der Waals surface area contributed by atoms with Crippen molar-refractivity contribution in [3.63, 3.8) is 0 Å². The van der Waals surface area contributed by atoms with Crippen molar-refractivity contribution in [3.8, 4) is 5.75 Å². The van der Waals surface area contributed by atoms with Crippen molar-refractivity contribution < 1.29 is 13.5 Å². The lowest BCUT2D eigenvalue weighted by Gasteiger charge is -2.24. The maximum absolute atomic E-state index is 10.8. The predicted molar refractivity (Wildman–Crippen MR) is 87.7 cm³/mol. The summed E-state index contributed by atoms with van der Waals surface area (Å²) in [5.41, 5.74) is 1.06. The Morgan fingerprint density at radius 1 is 1.38 bits per heavy atom. The molecule has 0 saturated carbocycles. The Bertz CT molecular complexity index is 465. The SMILES string of the molecule is CCOc1ccc(CC(CCS(=O)[O-])C(C)CC)c(Cl)c1. The van der Waals surface area contributed by atoms with Gasteiger partial charge in [-0.25, -0.2) is 0 Å². The Labute approximate surface area is 135 Å². The van der Waals surface area contributed by atoms with Crippen LogP contribution in [0.3, 0.4) is 0 Å². The first-order valence-corrected chi connectivity index (χ1v) is 9.07. The first kappa shape index (κ1) is 18.5. The first-order chi connectivity index (χ1) is 9.97. The molecule has 0 spiro atoms. The summed E-state index contributed by atoms with van der Waals surface area (Å²) in [7, 11) is 0. The largest absolute Gasteiger partial charge is 0.772 e. The van der Waals surface area contributed by atoms with Crippen LogP contribution >= 0.6 is 11.6 Å². The summed E-state index contributed by atoms with van der Waals surface area (Å²) >= 11 is 4.34. The molecular weight excluding hydrogens is 308 g/mol. The molecule has 0 aliphatic carbocycles. The summed E-state index contributed by atoms with van der Waals surface area (Å²) in [5, 5.41) is 0.692. The van der Waals surface area contributed by atoms with Gasteiger partial charge in [-0.1, -0.05) is 49.0 Å². The Kier molecular flexibility index (Phi) is 8.30. The van der Waals surface area contributed by atoms with E-state index in [0.29, 0.717) is 29.9 Å². The van der Waals surface area contributed by atoms with E-state index in [1.165, 1.54) is 0 Å². The van der Waals surface area contributed by atoms with Gasteiger partial charge in [0.15, 0.2) is 0 Å². The van der Waals surface area contributed by atoms with Gasteiger partial charge in [0, 0.05) is 10.8 Å². The second-order valence-corrected chi connectivity index (χ2v) is 6.76. The Hall–Kier alpha value is -0.580. The smallest absolute Gasteiger partial charge is 0.120 e. The number of hydrogen-bond acceptors (Lipinski definition) is 3. The summed E-state index contributed by atoms with van der Waals surface area (Å²) in [4.78, 5) is 0. The van der Waals surface area contributed by atoms with Gasteiger partial charge in [-0.3, -0.25) is 4.21 Å². The highest BCUT2D eigenvalue weighted by Crippen LogP contribution is 2.29.